The SMILES string of the molecule is COC1=CC(O)=C=C[C]1OCc1ccccc1. The summed E-state index contributed by atoms with van der Waals surface area (Å²) in [5.41, 5.74) is 3.73. The fourth-order valence-electron chi connectivity index (χ4n) is 1.46. The molecule has 0 aromatic heterocycles. The van der Waals surface area contributed by atoms with Crippen LogP contribution in [0, 0.1) is 6.10 Å². The van der Waals surface area contributed by atoms with Gasteiger partial charge in [0.2, 0.25) is 0 Å². The van der Waals surface area contributed by atoms with E-state index in [9.17, 15) is 5.11 Å². The van der Waals surface area contributed by atoms with Gasteiger partial charge < -0.3 is 14.6 Å². The molecular weight excluding hydrogens is 216 g/mol. The average molecular weight is 229 g/mol. The van der Waals surface area contributed by atoms with Crippen LogP contribution >= 0.6 is 0 Å². The van der Waals surface area contributed by atoms with Gasteiger partial charge in [0.1, 0.15) is 5.76 Å². The lowest BCUT2D eigenvalue weighted by Gasteiger charge is -2.16. The Balaban J connectivity index is 2.01. The number of hydrogen-bond acceptors (Lipinski definition) is 3. The number of rotatable bonds is 4. The molecular formula is C14H13O3. The van der Waals surface area contributed by atoms with Crippen molar-refractivity contribution in [3.63, 3.8) is 0 Å². The van der Waals surface area contributed by atoms with Crippen LogP contribution in [-0.2, 0) is 16.1 Å². The molecule has 0 spiro atoms. The van der Waals surface area contributed by atoms with E-state index in [0.29, 0.717) is 18.5 Å². The van der Waals surface area contributed by atoms with E-state index in [-0.39, 0.29) is 5.76 Å². The lowest BCUT2D eigenvalue weighted by molar-refractivity contribution is 0.123. The van der Waals surface area contributed by atoms with Crippen LogP contribution in [0.5, 0.6) is 0 Å². The van der Waals surface area contributed by atoms with Gasteiger partial charge in [0, 0.05) is 12.2 Å². The summed E-state index contributed by atoms with van der Waals surface area (Å²) in [5, 5.41) is 9.26. The standard InChI is InChI=1S/C14H13O3/c1-16-14-9-12(15)7-8-13(14)17-10-11-5-3-2-4-6-11/h2-6,8-9,15H,10H2,1H3. The van der Waals surface area contributed by atoms with E-state index >= 15 is 0 Å². The number of methoxy groups -OCH3 is 1. The predicted molar refractivity (Wildman–Crippen MR) is 63.8 cm³/mol. The zero-order valence-electron chi connectivity index (χ0n) is 9.51. The van der Waals surface area contributed by atoms with Crippen LogP contribution in [-0.4, -0.2) is 12.2 Å². The molecule has 17 heavy (non-hydrogen) atoms. The van der Waals surface area contributed by atoms with E-state index in [1.54, 1.807) is 6.08 Å². The second kappa shape index (κ2) is 5.39. The molecule has 3 heteroatoms. The second-order valence-electron chi connectivity index (χ2n) is 3.53. The van der Waals surface area contributed by atoms with Crippen LogP contribution in [0.4, 0.5) is 0 Å². The fraction of sp³-hybridized carbons (Fsp3) is 0.143. The number of aliphatic hydroxyl groups excluding tert-OH is 1. The summed E-state index contributed by atoms with van der Waals surface area (Å²) in [5.74, 6) is 0.533. The molecule has 1 aromatic rings. The summed E-state index contributed by atoms with van der Waals surface area (Å²) in [4.78, 5) is 0. The van der Waals surface area contributed by atoms with Crippen molar-refractivity contribution in [2.24, 2.45) is 0 Å². The Hall–Kier alpha value is -1.96. The molecule has 0 atom stereocenters. The van der Waals surface area contributed by atoms with Gasteiger partial charge in [0.05, 0.1) is 13.7 Å². The van der Waals surface area contributed by atoms with Crippen LogP contribution < -0.4 is 0 Å². The average Bonchev–Trinajstić information content (AvgIpc) is 2.38. The molecule has 1 radical (unpaired) electrons. The monoisotopic (exact) mass is 229 g/mol. The third kappa shape index (κ3) is 3.00. The summed E-state index contributed by atoms with van der Waals surface area (Å²) in [7, 11) is 1.53. The topological polar surface area (TPSA) is 38.7 Å². The highest BCUT2D eigenvalue weighted by atomic mass is 16.5. The van der Waals surface area contributed by atoms with Crippen molar-refractivity contribution in [1.82, 2.24) is 0 Å². The molecule has 1 aliphatic carbocycles. The molecule has 2 rings (SSSR count). The van der Waals surface area contributed by atoms with Crippen molar-refractivity contribution in [1.29, 1.82) is 0 Å². The first-order valence-electron chi connectivity index (χ1n) is 5.25. The molecule has 0 heterocycles. The Kier molecular flexibility index (Phi) is 3.66. The van der Waals surface area contributed by atoms with Crippen LogP contribution in [0.25, 0.3) is 0 Å². The largest absolute Gasteiger partial charge is 0.501 e. The van der Waals surface area contributed by atoms with Crippen LogP contribution in [0.15, 0.2) is 59.7 Å². The van der Waals surface area contributed by atoms with Gasteiger partial charge in [-0.15, -0.1) is 0 Å². The third-order valence-corrected chi connectivity index (χ3v) is 2.32. The molecule has 0 aliphatic heterocycles. The van der Waals surface area contributed by atoms with Gasteiger partial charge in [-0.25, -0.2) is 0 Å². The highest BCUT2D eigenvalue weighted by Crippen LogP contribution is 2.23. The van der Waals surface area contributed by atoms with Crippen molar-refractivity contribution in [2.45, 2.75) is 6.61 Å². The normalized spacial score (nSPS) is 15.4. The first kappa shape index (κ1) is 11.5. The summed E-state index contributed by atoms with van der Waals surface area (Å²) in [6.07, 6.45) is 3.60. The van der Waals surface area contributed by atoms with Gasteiger partial charge in [-0.3, -0.25) is 0 Å². The minimum absolute atomic E-state index is 0.0360. The number of aliphatic hydroxyl groups is 1. The molecule has 0 unspecified atom stereocenters. The highest BCUT2D eigenvalue weighted by Gasteiger charge is 2.17. The smallest absolute Gasteiger partial charge is 0.191 e. The maximum atomic E-state index is 9.26. The Morgan fingerprint density at radius 3 is 2.71 bits per heavy atom. The molecule has 0 saturated heterocycles. The van der Waals surface area contributed by atoms with E-state index in [1.165, 1.54) is 13.2 Å². The Labute approximate surface area is 100 Å². The first-order valence-corrected chi connectivity index (χ1v) is 5.25. The molecule has 1 aliphatic rings. The van der Waals surface area contributed by atoms with Crippen LogP contribution in [0.1, 0.15) is 5.56 Å². The van der Waals surface area contributed by atoms with Crippen molar-refractivity contribution >= 4 is 0 Å². The van der Waals surface area contributed by atoms with Crippen LogP contribution in [0.2, 0.25) is 0 Å². The van der Waals surface area contributed by atoms with E-state index in [4.69, 9.17) is 9.47 Å². The molecule has 87 valence electrons. The van der Waals surface area contributed by atoms with Gasteiger partial charge in [-0.1, -0.05) is 36.1 Å². The number of ether oxygens (including phenoxy) is 2. The fourth-order valence-corrected chi connectivity index (χ4v) is 1.46. The number of hydrogen-bond donors (Lipinski definition) is 1. The van der Waals surface area contributed by atoms with Gasteiger partial charge in [0.25, 0.3) is 0 Å². The Morgan fingerprint density at radius 2 is 2.00 bits per heavy atom. The van der Waals surface area contributed by atoms with E-state index < -0.39 is 0 Å². The van der Waals surface area contributed by atoms with E-state index in [2.05, 4.69) is 5.73 Å². The van der Waals surface area contributed by atoms with Crippen molar-refractivity contribution in [2.75, 3.05) is 7.11 Å². The zero-order chi connectivity index (χ0) is 12.1. The quantitative estimate of drug-likeness (QED) is 0.807. The first-order chi connectivity index (χ1) is 8.29. The number of benzene rings is 1. The predicted octanol–water partition coefficient (Wildman–Crippen LogP) is 2.88. The lowest BCUT2D eigenvalue weighted by atomic mass is 10.2. The van der Waals surface area contributed by atoms with E-state index in [0.717, 1.165) is 5.56 Å². The molecule has 0 saturated carbocycles. The van der Waals surface area contributed by atoms with Gasteiger partial charge in [0.15, 0.2) is 11.9 Å². The second-order valence-corrected chi connectivity index (χ2v) is 3.53. The Bertz CT molecular complexity index is 468. The molecule has 1 N–H and O–H groups in total. The molecule has 0 bridgehead atoms. The summed E-state index contributed by atoms with van der Waals surface area (Å²) in [6.45, 7) is 0.454. The van der Waals surface area contributed by atoms with Gasteiger partial charge in [-0.05, 0) is 5.56 Å². The molecule has 0 amide bonds. The lowest BCUT2D eigenvalue weighted by Crippen LogP contribution is -2.08. The minimum atomic E-state index is 0.0360. The summed E-state index contributed by atoms with van der Waals surface area (Å²) < 4.78 is 10.7. The maximum absolute atomic E-state index is 9.26. The van der Waals surface area contributed by atoms with Crippen molar-refractivity contribution < 1.29 is 14.6 Å². The summed E-state index contributed by atoms with van der Waals surface area (Å²) >= 11 is 0. The van der Waals surface area contributed by atoms with E-state index in [1.807, 2.05) is 30.3 Å². The maximum Gasteiger partial charge on any atom is 0.191 e. The van der Waals surface area contributed by atoms with Gasteiger partial charge >= 0.3 is 0 Å². The zero-order valence-corrected chi connectivity index (χ0v) is 9.51. The third-order valence-electron chi connectivity index (χ3n) is 2.32. The van der Waals surface area contributed by atoms with Gasteiger partial charge in [-0.2, -0.15) is 0 Å². The van der Waals surface area contributed by atoms with Crippen LogP contribution in [0.3, 0.4) is 0 Å². The van der Waals surface area contributed by atoms with Crippen molar-refractivity contribution in [3.8, 4) is 0 Å². The van der Waals surface area contributed by atoms with Crippen molar-refractivity contribution in [3.05, 3.63) is 71.4 Å². The molecule has 0 fully saturated rings. The molecule has 3 nitrogen and oxygen atoms in total. The molecule has 1 aromatic carbocycles. The summed E-state index contributed by atoms with van der Waals surface area (Å²) in [6, 6.07) is 9.84. The Morgan fingerprint density at radius 1 is 1.24 bits per heavy atom. The minimum Gasteiger partial charge on any atom is -0.501 e. The highest BCUT2D eigenvalue weighted by molar-refractivity contribution is 5.34.